The Morgan fingerprint density at radius 2 is 1.90 bits per heavy atom. The lowest BCUT2D eigenvalue weighted by molar-refractivity contribution is 0.0105. The number of nitrogens with zero attached hydrogens (tertiary/aromatic N) is 1. The van der Waals surface area contributed by atoms with E-state index < -0.39 is 6.10 Å². The Balaban J connectivity index is 2.05. The molecule has 1 aliphatic rings. The van der Waals surface area contributed by atoms with Gasteiger partial charge in [0.1, 0.15) is 0 Å². The van der Waals surface area contributed by atoms with Crippen LogP contribution in [-0.2, 0) is 6.42 Å². The van der Waals surface area contributed by atoms with Crippen LogP contribution >= 0.6 is 0 Å². The van der Waals surface area contributed by atoms with Gasteiger partial charge in [0.15, 0.2) is 0 Å². The first-order valence-corrected chi connectivity index (χ1v) is 8.05. The van der Waals surface area contributed by atoms with E-state index in [1.807, 2.05) is 0 Å². The van der Waals surface area contributed by atoms with Gasteiger partial charge in [-0.3, -0.25) is 4.90 Å². The molecule has 2 heteroatoms. The molecule has 0 aliphatic carbocycles. The maximum Gasteiger partial charge on any atom is 0.0942 e. The second-order valence-corrected chi connectivity index (χ2v) is 6.50. The van der Waals surface area contributed by atoms with Gasteiger partial charge in [-0.05, 0) is 56.7 Å². The first-order chi connectivity index (χ1) is 9.52. The molecule has 1 aliphatic heterocycles. The van der Waals surface area contributed by atoms with Crippen LogP contribution in [0.25, 0.3) is 0 Å². The van der Waals surface area contributed by atoms with Crippen molar-refractivity contribution in [1.29, 1.82) is 0 Å². The van der Waals surface area contributed by atoms with Gasteiger partial charge in [-0.1, -0.05) is 38.1 Å². The number of benzene rings is 1. The van der Waals surface area contributed by atoms with Crippen molar-refractivity contribution in [3.05, 3.63) is 35.4 Å². The van der Waals surface area contributed by atoms with Crippen LogP contribution in [0.15, 0.2) is 24.3 Å². The van der Waals surface area contributed by atoms with Crippen LogP contribution in [0.3, 0.4) is 0 Å². The molecule has 112 valence electrons. The molecule has 0 saturated carbocycles. The third-order valence-corrected chi connectivity index (χ3v) is 4.90. The number of likely N-dealkylation sites (tertiary alicyclic amines) is 1. The number of hydrogen-bond acceptors (Lipinski definition) is 2. The minimum Gasteiger partial charge on any atom is -0.387 e. The standard InChI is InChI=1S/C18H29NO/c1-5-16-6-8-17(9-7-16)18(20)15(4)19-11-10-13(2)12-14(19)3/h6-9,13-15,18,20H,5,10-12H2,1-4H3. The maximum absolute atomic E-state index is 10.6. The fraction of sp³-hybridized carbons (Fsp3) is 0.667. The van der Waals surface area contributed by atoms with Crippen molar-refractivity contribution in [2.75, 3.05) is 6.54 Å². The minimum absolute atomic E-state index is 0.185. The highest BCUT2D eigenvalue weighted by atomic mass is 16.3. The zero-order valence-electron chi connectivity index (χ0n) is 13.3. The molecule has 0 bridgehead atoms. The number of aryl methyl sites for hydroxylation is 1. The normalized spacial score (nSPS) is 27.2. The predicted octanol–water partition coefficient (Wildman–Crippen LogP) is 3.79. The van der Waals surface area contributed by atoms with Gasteiger partial charge < -0.3 is 5.11 Å². The lowest BCUT2D eigenvalue weighted by Crippen LogP contribution is -2.47. The van der Waals surface area contributed by atoms with Crippen LogP contribution in [-0.4, -0.2) is 28.6 Å². The highest BCUT2D eigenvalue weighted by Gasteiger charge is 2.30. The van der Waals surface area contributed by atoms with Crippen molar-refractivity contribution in [3.63, 3.8) is 0 Å². The Bertz CT molecular complexity index is 414. The van der Waals surface area contributed by atoms with Crippen LogP contribution in [0.5, 0.6) is 0 Å². The van der Waals surface area contributed by atoms with Crippen molar-refractivity contribution >= 4 is 0 Å². The van der Waals surface area contributed by atoms with Gasteiger partial charge in [0.25, 0.3) is 0 Å². The SMILES string of the molecule is CCc1ccc(C(O)C(C)N2CCC(C)CC2C)cc1. The van der Waals surface area contributed by atoms with Crippen LogP contribution < -0.4 is 0 Å². The van der Waals surface area contributed by atoms with E-state index in [1.165, 1.54) is 18.4 Å². The molecule has 1 aromatic rings. The number of rotatable bonds is 4. The van der Waals surface area contributed by atoms with Crippen molar-refractivity contribution in [3.8, 4) is 0 Å². The number of aliphatic hydroxyl groups excluding tert-OH is 1. The molecule has 1 N–H and O–H groups in total. The van der Waals surface area contributed by atoms with Gasteiger partial charge in [0.05, 0.1) is 6.10 Å². The zero-order valence-corrected chi connectivity index (χ0v) is 13.3. The summed E-state index contributed by atoms with van der Waals surface area (Å²) in [4.78, 5) is 2.47. The summed E-state index contributed by atoms with van der Waals surface area (Å²) in [7, 11) is 0. The summed E-state index contributed by atoms with van der Waals surface area (Å²) in [5, 5.41) is 10.6. The Hall–Kier alpha value is -0.860. The topological polar surface area (TPSA) is 23.5 Å². The fourth-order valence-electron chi connectivity index (χ4n) is 3.44. The molecule has 2 rings (SSSR count). The first-order valence-electron chi connectivity index (χ1n) is 8.05. The number of aliphatic hydroxyl groups is 1. The van der Waals surface area contributed by atoms with Crippen LogP contribution in [0, 0.1) is 5.92 Å². The Labute approximate surface area is 123 Å². The van der Waals surface area contributed by atoms with Crippen molar-refractivity contribution < 1.29 is 5.11 Å². The molecule has 2 nitrogen and oxygen atoms in total. The highest BCUT2D eigenvalue weighted by Crippen LogP contribution is 2.29. The molecule has 1 saturated heterocycles. The Kier molecular flexibility index (Phi) is 5.22. The quantitative estimate of drug-likeness (QED) is 0.903. The van der Waals surface area contributed by atoms with E-state index >= 15 is 0 Å². The van der Waals surface area contributed by atoms with E-state index in [-0.39, 0.29) is 6.04 Å². The third kappa shape index (κ3) is 3.42. The summed E-state index contributed by atoms with van der Waals surface area (Å²) >= 11 is 0. The molecule has 1 fully saturated rings. The molecule has 1 aromatic carbocycles. The van der Waals surface area contributed by atoms with Gasteiger partial charge in [-0.2, -0.15) is 0 Å². The first kappa shape index (κ1) is 15.5. The summed E-state index contributed by atoms with van der Waals surface area (Å²) in [6, 6.07) is 9.18. The fourth-order valence-corrected chi connectivity index (χ4v) is 3.44. The molecule has 20 heavy (non-hydrogen) atoms. The van der Waals surface area contributed by atoms with Gasteiger partial charge in [0.2, 0.25) is 0 Å². The number of hydrogen-bond donors (Lipinski definition) is 1. The van der Waals surface area contributed by atoms with Crippen LogP contribution in [0.2, 0.25) is 0 Å². The lowest BCUT2D eigenvalue weighted by Gasteiger charge is -2.42. The van der Waals surface area contributed by atoms with E-state index in [2.05, 4.69) is 56.9 Å². The summed E-state index contributed by atoms with van der Waals surface area (Å²) in [6.07, 6.45) is 3.14. The molecule has 0 amide bonds. The molecule has 0 spiro atoms. The average Bonchev–Trinajstić information content (AvgIpc) is 2.46. The summed E-state index contributed by atoms with van der Waals surface area (Å²) in [5.41, 5.74) is 2.37. The zero-order chi connectivity index (χ0) is 14.7. The number of piperidine rings is 1. The second kappa shape index (κ2) is 6.73. The Morgan fingerprint density at radius 3 is 2.45 bits per heavy atom. The van der Waals surface area contributed by atoms with Crippen molar-refractivity contribution in [1.82, 2.24) is 4.90 Å². The van der Waals surface area contributed by atoms with Crippen molar-refractivity contribution in [2.45, 2.75) is 65.1 Å². The highest BCUT2D eigenvalue weighted by molar-refractivity contribution is 5.25. The smallest absolute Gasteiger partial charge is 0.0942 e. The lowest BCUT2D eigenvalue weighted by atomic mass is 9.90. The van der Waals surface area contributed by atoms with Crippen LogP contribution in [0.1, 0.15) is 57.8 Å². The van der Waals surface area contributed by atoms with Gasteiger partial charge in [-0.25, -0.2) is 0 Å². The Morgan fingerprint density at radius 1 is 1.25 bits per heavy atom. The van der Waals surface area contributed by atoms with E-state index in [0.717, 1.165) is 24.4 Å². The van der Waals surface area contributed by atoms with E-state index in [0.29, 0.717) is 6.04 Å². The third-order valence-electron chi connectivity index (χ3n) is 4.90. The van der Waals surface area contributed by atoms with Crippen LogP contribution in [0.4, 0.5) is 0 Å². The maximum atomic E-state index is 10.6. The van der Waals surface area contributed by atoms with Gasteiger partial charge >= 0.3 is 0 Å². The predicted molar refractivity (Wildman–Crippen MR) is 84.8 cm³/mol. The summed E-state index contributed by atoms with van der Waals surface area (Å²) in [5.74, 6) is 0.814. The molecular weight excluding hydrogens is 246 g/mol. The molecule has 4 atom stereocenters. The van der Waals surface area contributed by atoms with Gasteiger partial charge in [-0.15, -0.1) is 0 Å². The van der Waals surface area contributed by atoms with Gasteiger partial charge in [0, 0.05) is 12.1 Å². The molecular formula is C18H29NO. The van der Waals surface area contributed by atoms with Crippen molar-refractivity contribution in [2.24, 2.45) is 5.92 Å². The summed E-state index contributed by atoms with van der Waals surface area (Å²) in [6.45, 7) is 10.0. The molecule has 0 radical (unpaired) electrons. The average molecular weight is 275 g/mol. The largest absolute Gasteiger partial charge is 0.387 e. The van der Waals surface area contributed by atoms with E-state index in [9.17, 15) is 5.11 Å². The van der Waals surface area contributed by atoms with E-state index in [1.54, 1.807) is 0 Å². The molecule has 4 unspecified atom stereocenters. The van der Waals surface area contributed by atoms with E-state index in [4.69, 9.17) is 0 Å². The summed E-state index contributed by atoms with van der Waals surface area (Å²) < 4.78 is 0. The molecule has 1 heterocycles. The molecule has 0 aromatic heterocycles. The minimum atomic E-state index is -0.392. The second-order valence-electron chi connectivity index (χ2n) is 6.50. The monoisotopic (exact) mass is 275 g/mol.